The summed E-state index contributed by atoms with van der Waals surface area (Å²) in [4.78, 5) is 25.6. The minimum atomic E-state index is -1.19. The zero-order chi connectivity index (χ0) is 22.9. The van der Waals surface area contributed by atoms with Gasteiger partial charge in [-0.1, -0.05) is 11.6 Å². The smallest absolute Gasteiger partial charge is 0.496 e. The van der Waals surface area contributed by atoms with Crippen LogP contribution in [0.15, 0.2) is 17.9 Å². The van der Waals surface area contributed by atoms with Gasteiger partial charge in [-0.15, -0.1) is 0 Å². The first-order valence-electron chi connectivity index (χ1n) is 10.4. The Bertz CT molecular complexity index is 943. The van der Waals surface area contributed by atoms with Gasteiger partial charge in [-0.05, 0) is 31.5 Å². The number of halogens is 1. The number of benzene rings is 1. The van der Waals surface area contributed by atoms with Crippen LogP contribution in [-0.4, -0.2) is 63.5 Å². The Morgan fingerprint density at radius 2 is 1.91 bits per heavy atom. The van der Waals surface area contributed by atoms with Crippen molar-refractivity contribution >= 4 is 29.2 Å². The van der Waals surface area contributed by atoms with Gasteiger partial charge in [0, 0.05) is 23.4 Å². The molecule has 1 aromatic rings. The summed E-state index contributed by atoms with van der Waals surface area (Å²) in [5.74, 6) is -0.768. The number of hydrogen-bond donors (Lipinski definition) is 1. The van der Waals surface area contributed by atoms with Gasteiger partial charge < -0.3 is 33.7 Å². The van der Waals surface area contributed by atoms with Crippen LogP contribution in [0.3, 0.4) is 0 Å². The van der Waals surface area contributed by atoms with E-state index in [0.717, 1.165) is 0 Å². The van der Waals surface area contributed by atoms with Gasteiger partial charge in [-0.2, -0.15) is 0 Å². The summed E-state index contributed by atoms with van der Waals surface area (Å²) in [5.41, 5.74) is 0.107. The van der Waals surface area contributed by atoms with E-state index in [1.54, 1.807) is 26.0 Å². The molecule has 0 bridgehead atoms. The molecule has 3 aliphatic heterocycles. The van der Waals surface area contributed by atoms with Crippen LogP contribution in [0.1, 0.15) is 30.9 Å². The molecule has 4 rings (SSSR count). The van der Waals surface area contributed by atoms with Crippen molar-refractivity contribution in [1.29, 1.82) is 0 Å². The standard InChI is InChI=1S/C22H26ClNO8/c1-4-29-20(26)32-18-17(16-13(2)9-14(23)10-15(16)27-3)19(25)24-21(18)11-30-22(31-12-21)5-7-28-8-6-22/h9-10H,4-8,11-12H2,1-3H3,(H,24,25). The quantitative estimate of drug-likeness (QED) is 0.674. The number of aryl methyl sites for hydroxylation is 1. The number of nitrogens with one attached hydrogen (secondary N) is 1. The van der Waals surface area contributed by atoms with Crippen LogP contribution in [0.2, 0.25) is 5.02 Å². The Morgan fingerprint density at radius 3 is 2.53 bits per heavy atom. The van der Waals surface area contributed by atoms with Crippen molar-refractivity contribution in [2.45, 2.75) is 38.0 Å². The van der Waals surface area contributed by atoms with E-state index in [1.165, 1.54) is 7.11 Å². The van der Waals surface area contributed by atoms with Gasteiger partial charge in [0.2, 0.25) is 0 Å². The normalized spacial score (nSPS) is 21.6. The summed E-state index contributed by atoms with van der Waals surface area (Å²) in [5, 5.41) is 3.37. The Labute approximate surface area is 190 Å². The molecule has 174 valence electrons. The lowest BCUT2D eigenvalue weighted by molar-refractivity contribution is -0.310. The number of methoxy groups -OCH3 is 1. The molecule has 3 heterocycles. The van der Waals surface area contributed by atoms with Gasteiger partial charge in [0.15, 0.2) is 11.5 Å². The van der Waals surface area contributed by atoms with Crippen molar-refractivity contribution in [1.82, 2.24) is 5.32 Å². The Balaban J connectivity index is 1.78. The number of ether oxygens (including phenoxy) is 6. The molecule has 0 atom stereocenters. The number of amides is 1. The average Bonchev–Trinajstić information content (AvgIpc) is 3.02. The maximum absolute atomic E-state index is 13.3. The van der Waals surface area contributed by atoms with E-state index in [9.17, 15) is 9.59 Å². The van der Waals surface area contributed by atoms with Crippen LogP contribution in [0.25, 0.3) is 5.57 Å². The zero-order valence-electron chi connectivity index (χ0n) is 18.2. The molecule has 0 radical (unpaired) electrons. The van der Waals surface area contributed by atoms with E-state index in [0.29, 0.717) is 48.0 Å². The van der Waals surface area contributed by atoms with Crippen molar-refractivity contribution in [3.63, 3.8) is 0 Å². The lowest BCUT2D eigenvalue weighted by Gasteiger charge is -2.46. The van der Waals surface area contributed by atoms with Crippen LogP contribution in [-0.2, 0) is 28.5 Å². The highest BCUT2D eigenvalue weighted by atomic mass is 35.5. The predicted molar refractivity (Wildman–Crippen MR) is 113 cm³/mol. The highest BCUT2D eigenvalue weighted by Crippen LogP contribution is 2.44. The maximum Gasteiger partial charge on any atom is 0.513 e. The summed E-state index contributed by atoms with van der Waals surface area (Å²) in [6.45, 7) is 4.75. The molecule has 0 aromatic heterocycles. The van der Waals surface area contributed by atoms with E-state index >= 15 is 0 Å². The number of hydrogen-bond acceptors (Lipinski definition) is 8. The summed E-state index contributed by atoms with van der Waals surface area (Å²) in [6.07, 6.45) is 0.227. The molecule has 2 saturated heterocycles. The molecule has 9 nitrogen and oxygen atoms in total. The number of carbonyl (C=O) groups excluding carboxylic acids is 2. The van der Waals surface area contributed by atoms with Crippen LogP contribution in [0, 0.1) is 6.92 Å². The fourth-order valence-electron chi connectivity index (χ4n) is 4.25. The topological polar surface area (TPSA) is 102 Å². The Hall–Kier alpha value is -2.33. The molecule has 32 heavy (non-hydrogen) atoms. The SMILES string of the molecule is CCOC(=O)OC1=C(c2c(C)cc(Cl)cc2OC)C(=O)NC12COC1(CCOCC1)OC2. The van der Waals surface area contributed by atoms with Crippen molar-refractivity contribution in [3.05, 3.63) is 34.0 Å². The fourth-order valence-corrected chi connectivity index (χ4v) is 4.51. The minimum absolute atomic E-state index is 0.0614. The predicted octanol–water partition coefficient (Wildman–Crippen LogP) is 2.96. The maximum atomic E-state index is 13.3. The van der Waals surface area contributed by atoms with Crippen LogP contribution in [0.4, 0.5) is 4.79 Å². The van der Waals surface area contributed by atoms with E-state index < -0.39 is 23.4 Å². The molecule has 3 aliphatic rings. The average molecular weight is 468 g/mol. The molecule has 2 fully saturated rings. The first-order chi connectivity index (χ1) is 15.3. The summed E-state index contributed by atoms with van der Waals surface area (Å²) in [6, 6.07) is 3.31. The highest BCUT2D eigenvalue weighted by molar-refractivity contribution is 6.31. The molecule has 0 saturated carbocycles. The van der Waals surface area contributed by atoms with Crippen LogP contribution >= 0.6 is 11.6 Å². The molecular weight excluding hydrogens is 442 g/mol. The van der Waals surface area contributed by atoms with Gasteiger partial charge in [-0.25, -0.2) is 4.79 Å². The minimum Gasteiger partial charge on any atom is -0.496 e. The molecule has 0 aliphatic carbocycles. The van der Waals surface area contributed by atoms with Gasteiger partial charge in [-0.3, -0.25) is 4.79 Å². The Morgan fingerprint density at radius 1 is 1.22 bits per heavy atom. The third-order valence-corrected chi connectivity index (χ3v) is 6.06. The van der Waals surface area contributed by atoms with E-state index in [-0.39, 0.29) is 31.2 Å². The van der Waals surface area contributed by atoms with Crippen molar-refractivity contribution in [2.24, 2.45) is 0 Å². The molecule has 1 amide bonds. The van der Waals surface area contributed by atoms with Gasteiger partial charge >= 0.3 is 6.16 Å². The molecule has 2 spiro atoms. The largest absolute Gasteiger partial charge is 0.513 e. The van der Waals surface area contributed by atoms with E-state index in [2.05, 4.69) is 5.32 Å². The van der Waals surface area contributed by atoms with Gasteiger partial charge in [0.1, 0.15) is 11.3 Å². The first kappa shape index (κ1) is 22.8. The third kappa shape index (κ3) is 4.05. The summed E-state index contributed by atoms with van der Waals surface area (Å²) in [7, 11) is 1.48. The second-order valence-corrected chi connectivity index (χ2v) is 8.36. The van der Waals surface area contributed by atoms with Crippen molar-refractivity contribution < 1.29 is 38.0 Å². The number of carbonyl (C=O) groups is 2. The Kier molecular flexibility index (Phi) is 6.35. The van der Waals surface area contributed by atoms with Gasteiger partial charge in [0.25, 0.3) is 5.91 Å². The fraction of sp³-hybridized carbons (Fsp3) is 0.545. The first-order valence-corrected chi connectivity index (χ1v) is 10.8. The summed E-state index contributed by atoms with van der Waals surface area (Å²) >= 11 is 6.18. The van der Waals surface area contributed by atoms with Crippen LogP contribution in [0.5, 0.6) is 5.75 Å². The second kappa shape index (κ2) is 8.90. The molecule has 1 N–H and O–H groups in total. The molecule has 10 heteroatoms. The lowest BCUT2D eigenvalue weighted by Crippen LogP contribution is -2.61. The molecular formula is C22H26ClNO8. The third-order valence-electron chi connectivity index (χ3n) is 5.84. The van der Waals surface area contributed by atoms with Crippen molar-refractivity contribution in [2.75, 3.05) is 40.1 Å². The zero-order valence-corrected chi connectivity index (χ0v) is 19.0. The highest BCUT2D eigenvalue weighted by Gasteiger charge is 2.55. The van der Waals surface area contributed by atoms with Crippen LogP contribution < -0.4 is 10.1 Å². The van der Waals surface area contributed by atoms with Crippen molar-refractivity contribution in [3.8, 4) is 5.75 Å². The van der Waals surface area contributed by atoms with Gasteiger partial charge in [0.05, 0.1) is 45.7 Å². The molecule has 1 aromatic carbocycles. The summed E-state index contributed by atoms with van der Waals surface area (Å²) < 4.78 is 33.7. The lowest BCUT2D eigenvalue weighted by atomic mass is 9.92. The van der Waals surface area contributed by atoms with E-state index in [4.69, 9.17) is 40.0 Å². The monoisotopic (exact) mass is 467 g/mol. The van der Waals surface area contributed by atoms with E-state index in [1.807, 2.05) is 0 Å². The second-order valence-electron chi connectivity index (χ2n) is 7.93. The number of rotatable bonds is 4. The molecule has 0 unspecified atom stereocenters.